The molecule has 2 rings (SSSR count). The van der Waals surface area contributed by atoms with Gasteiger partial charge in [-0.3, -0.25) is 15.5 Å². The number of nitrogens with zero attached hydrogens (tertiary/aromatic N) is 2. The molecular formula is C13H16ClN5O. The van der Waals surface area contributed by atoms with Crippen molar-refractivity contribution in [2.24, 2.45) is 5.73 Å². The lowest BCUT2D eigenvalue weighted by atomic mass is 10.2. The lowest BCUT2D eigenvalue weighted by Crippen LogP contribution is -2.36. The fourth-order valence-electron chi connectivity index (χ4n) is 1.89. The average Bonchev–Trinajstić information content (AvgIpc) is 2.82. The first-order chi connectivity index (χ1) is 9.13. The van der Waals surface area contributed by atoms with E-state index in [1.807, 2.05) is 37.3 Å². The number of hydrogen-bond acceptors (Lipinski definition) is 3. The number of carbonyl (C=O) groups is 1. The van der Waals surface area contributed by atoms with Crippen LogP contribution in [0.5, 0.6) is 0 Å². The Morgan fingerprint density at radius 1 is 1.40 bits per heavy atom. The topological polar surface area (TPSA) is 96.8 Å². The maximum atomic E-state index is 11.9. The molecule has 0 unspecified atom stereocenters. The smallest absolute Gasteiger partial charge is 0.261 e. The third kappa shape index (κ3) is 3.16. The highest BCUT2D eigenvalue weighted by Crippen LogP contribution is 2.15. The van der Waals surface area contributed by atoms with E-state index in [-0.39, 0.29) is 18.4 Å². The molecule has 20 heavy (non-hydrogen) atoms. The summed E-state index contributed by atoms with van der Waals surface area (Å²) < 4.78 is 1.72. The minimum atomic E-state index is -0.411. The zero-order chi connectivity index (χ0) is 13.8. The van der Waals surface area contributed by atoms with Crippen molar-refractivity contribution in [1.29, 1.82) is 5.41 Å². The molecule has 0 saturated carbocycles. The Labute approximate surface area is 122 Å². The van der Waals surface area contributed by atoms with Crippen molar-refractivity contribution in [3.8, 4) is 5.69 Å². The molecule has 1 aromatic carbocycles. The molecule has 6 nitrogen and oxygen atoms in total. The maximum Gasteiger partial charge on any atom is 0.261 e. The molecule has 106 valence electrons. The number of para-hydroxylation sites is 1. The summed E-state index contributed by atoms with van der Waals surface area (Å²) in [5.74, 6) is -0.786. The van der Waals surface area contributed by atoms with Gasteiger partial charge in [0, 0.05) is 0 Å². The summed E-state index contributed by atoms with van der Waals surface area (Å²) in [7, 11) is 0. The van der Waals surface area contributed by atoms with Crippen LogP contribution in [0.25, 0.3) is 5.69 Å². The van der Waals surface area contributed by atoms with Gasteiger partial charge in [0.2, 0.25) is 0 Å². The van der Waals surface area contributed by atoms with Crippen LogP contribution in [-0.4, -0.2) is 21.6 Å². The number of aromatic nitrogens is 2. The molecule has 1 amide bonds. The summed E-state index contributed by atoms with van der Waals surface area (Å²) >= 11 is 0. The Morgan fingerprint density at radius 3 is 2.60 bits per heavy atom. The number of nitrogens with one attached hydrogen (secondary N) is 2. The van der Waals surface area contributed by atoms with Crippen LogP contribution < -0.4 is 11.1 Å². The fourth-order valence-corrected chi connectivity index (χ4v) is 1.89. The van der Waals surface area contributed by atoms with Gasteiger partial charge in [-0.25, -0.2) is 4.68 Å². The van der Waals surface area contributed by atoms with Gasteiger partial charge in [0.1, 0.15) is 0 Å². The number of nitrogens with two attached hydrogens (primary N) is 1. The first-order valence-electron chi connectivity index (χ1n) is 5.91. The summed E-state index contributed by atoms with van der Waals surface area (Å²) in [6, 6.07) is 9.57. The highest BCUT2D eigenvalue weighted by Gasteiger charge is 2.17. The average molecular weight is 294 g/mol. The van der Waals surface area contributed by atoms with E-state index in [2.05, 4.69) is 10.4 Å². The van der Waals surface area contributed by atoms with Gasteiger partial charge in [-0.15, -0.1) is 12.4 Å². The molecular weight excluding hydrogens is 278 g/mol. The molecule has 0 radical (unpaired) electrons. The second kappa shape index (κ2) is 6.72. The highest BCUT2D eigenvalue weighted by molar-refractivity contribution is 6.05. The van der Waals surface area contributed by atoms with Crippen molar-refractivity contribution in [3.63, 3.8) is 0 Å². The first-order valence-corrected chi connectivity index (χ1v) is 5.91. The molecule has 0 atom stereocenters. The lowest BCUT2D eigenvalue weighted by molar-refractivity contribution is 0.0975. The van der Waals surface area contributed by atoms with Crippen molar-refractivity contribution in [3.05, 3.63) is 47.8 Å². The minimum Gasteiger partial charge on any atom is -0.370 e. The summed E-state index contributed by atoms with van der Waals surface area (Å²) in [4.78, 5) is 11.9. The van der Waals surface area contributed by atoms with E-state index in [0.717, 1.165) is 11.4 Å². The van der Waals surface area contributed by atoms with E-state index in [1.165, 1.54) is 6.20 Å². The highest BCUT2D eigenvalue weighted by atomic mass is 35.5. The second-order valence-electron chi connectivity index (χ2n) is 3.97. The van der Waals surface area contributed by atoms with Gasteiger partial charge in [-0.1, -0.05) is 25.1 Å². The second-order valence-corrected chi connectivity index (χ2v) is 3.97. The molecule has 0 fully saturated rings. The normalized spacial score (nSPS) is 9.65. The third-order valence-electron chi connectivity index (χ3n) is 2.70. The molecule has 0 spiro atoms. The molecule has 0 aliphatic heterocycles. The van der Waals surface area contributed by atoms with Gasteiger partial charge >= 0.3 is 0 Å². The fraction of sp³-hybridized carbons (Fsp3) is 0.154. The van der Waals surface area contributed by atoms with Crippen LogP contribution in [0.1, 0.15) is 23.0 Å². The molecule has 0 aliphatic carbocycles. The van der Waals surface area contributed by atoms with Gasteiger partial charge in [0.25, 0.3) is 5.91 Å². The maximum absolute atomic E-state index is 11.9. The number of amides is 1. The molecule has 1 aromatic heterocycles. The van der Waals surface area contributed by atoms with Crippen molar-refractivity contribution < 1.29 is 4.79 Å². The zero-order valence-corrected chi connectivity index (χ0v) is 11.8. The van der Waals surface area contributed by atoms with Crippen LogP contribution in [0.4, 0.5) is 0 Å². The van der Waals surface area contributed by atoms with E-state index < -0.39 is 5.91 Å². The van der Waals surface area contributed by atoms with Gasteiger partial charge in [-0.05, 0) is 18.6 Å². The number of benzene rings is 1. The molecule has 2 aromatic rings. The van der Waals surface area contributed by atoms with Crippen LogP contribution in [0, 0.1) is 5.41 Å². The van der Waals surface area contributed by atoms with Gasteiger partial charge in [0.05, 0.1) is 23.1 Å². The number of halogens is 1. The minimum absolute atomic E-state index is 0. The van der Waals surface area contributed by atoms with Crippen molar-refractivity contribution >= 4 is 24.3 Å². The van der Waals surface area contributed by atoms with Gasteiger partial charge in [0.15, 0.2) is 5.96 Å². The van der Waals surface area contributed by atoms with E-state index in [0.29, 0.717) is 12.0 Å². The van der Waals surface area contributed by atoms with E-state index in [1.54, 1.807) is 4.68 Å². The summed E-state index contributed by atoms with van der Waals surface area (Å²) in [5, 5.41) is 13.6. The van der Waals surface area contributed by atoms with Crippen LogP contribution in [0.15, 0.2) is 36.5 Å². The molecule has 0 saturated heterocycles. The number of rotatable bonds is 3. The Morgan fingerprint density at radius 2 is 2.05 bits per heavy atom. The lowest BCUT2D eigenvalue weighted by Gasteiger charge is -2.07. The van der Waals surface area contributed by atoms with Crippen molar-refractivity contribution in [2.45, 2.75) is 13.3 Å². The monoisotopic (exact) mass is 293 g/mol. The standard InChI is InChI=1S/C13H15N5O.ClH/c1-2-11-10(12(19)17-13(14)15)8-16-18(11)9-6-4-3-5-7-9;/h3-8H,2H2,1H3,(H4,14,15,17,19);1H. The first kappa shape index (κ1) is 15.7. The van der Waals surface area contributed by atoms with Crippen LogP contribution in [0.2, 0.25) is 0 Å². The van der Waals surface area contributed by atoms with Gasteiger partial charge < -0.3 is 5.73 Å². The van der Waals surface area contributed by atoms with E-state index >= 15 is 0 Å². The summed E-state index contributed by atoms with van der Waals surface area (Å²) in [6.07, 6.45) is 2.14. The summed E-state index contributed by atoms with van der Waals surface area (Å²) in [5.41, 5.74) is 7.27. The quantitative estimate of drug-likeness (QED) is 0.590. The largest absolute Gasteiger partial charge is 0.370 e. The number of guanidine groups is 1. The number of hydrogen-bond donors (Lipinski definition) is 3. The molecule has 7 heteroatoms. The Kier molecular flexibility index (Phi) is 5.28. The SMILES string of the molecule is CCc1c(C(=O)NC(=N)N)cnn1-c1ccccc1.Cl. The van der Waals surface area contributed by atoms with Crippen LogP contribution in [-0.2, 0) is 6.42 Å². The predicted molar refractivity (Wildman–Crippen MR) is 79.6 cm³/mol. The Hall–Kier alpha value is -2.34. The molecule has 4 N–H and O–H groups in total. The van der Waals surface area contributed by atoms with Crippen molar-refractivity contribution in [1.82, 2.24) is 15.1 Å². The van der Waals surface area contributed by atoms with E-state index in [9.17, 15) is 4.79 Å². The van der Waals surface area contributed by atoms with Crippen LogP contribution in [0.3, 0.4) is 0 Å². The molecule has 1 heterocycles. The number of carbonyl (C=O) groups excluding carboxylic acids is 1. The van der Waals surface area contributed by atoms with Crippen molar-refractivity contribution in [2.75, 3.05) is 0 Å². The molecule has 0 aliphatic rings. The van der Waals surface area contributed by atoms with Crippen LogP contribution >= 0.6 is 12.4 Å². The zero-order valence-electron chi connectivity index (χ0n) is 11.0. The predicted octanol–water partition coefficient (Wildman–Crippen LogP) is 1.48. The van der Waals surface area contributed by atoms with E-state index in [4.69, 9.17) is 11.1 Å². The third-order valence-corrected chi connectivity index (χ3v) is 2.70. The Bertz CT molecular complexity index is 608. The van der Waals surface area contributed by atoms with Gasteiger partial charge in [-0.2, -0.15) is 5.10 Å². The summed E-state index contributed by atoms with van der Waals surface area (Å²) in [6.45, 7) is 1.95. The Balaban J connectivity index is 0.00000200. The molecule has 0 bridgehead atoms.